The molecule has 1 aliphatic heterocycles. The summed E-state index contributed by atoms with van der Waals surface area (Å²) in [5.41, 5.74) is 6.13. The molecule has 2 rings (SSSR count). The number of hydrogen-bond acceptors (Lipinski definition) is 4. The fraction of sp³-hybridized carbons (Fsp3) is 0.462. The number of amides is 1. The zero-order chi connectivity index (χ0) is 13.8. The van der Waals surface area contributed by atoms with Crippen LogP contribution in [0.1, 0.15) is 18.4 Å². The van der Waals surface area contributed by atoms with E-state index in [1.54, 1.807) is 18.2 Å². The Hall–Kier alpha value is -1.95. The number of primary amides is 1. The van der Waals surface area contributed by atoms with Gasteiger partial charge in [0.1, 0.15) is 0 Å². The Kier molecular flexibility index (Phi) is 4.11. The Balaban J connectivity index is 2.09. The summed E-state index contributed by atoms with van der Waals surface area (Å²) in [4.78, 5) is 23.9. The molecule has 2 N–H and O–H groups in total. The molecule has 1 atom stereocenters. The second kappa shape index (κ2) is 5.79. The number of likely N-dealkylation sites (tertiary alicyclic amines) is 1. The van der Waals surface area contributed by atoms with Crippen LogP contribution in [0, 0.1) is 16.0 Å². The summed E-state index contributed by atoms with van der Waals surface area (Å²) in [6, 6.07) is 6.71. The monoisotopic (exact) mass is 263 g/mol. The number of nitrogens with two attached hydrogens (primary N) is 1. The molecule has 0 radical (unpaired) electrons. The quantitative estimate of drug-likeness (QED) is 0.654. The van der Waals surface area contributed by atoms with Gasteiger partial charge in [0.15, 0.2) is 0 Å². The number of nitrogens with zero attached hydrogens (tertiary/aromatic N) is 2. The van der Waals surface area contributed by atoms with E-state index in [1.165, 1.54) is 6.07 Å². The van der Waals surface area contributed by atoms with Crippen LogP contribution in [0.3, 0.4) is 0 Å². The van der Waals surface area contributed by atoms with Crippen molar-refractivity contribution in [3.63, 3.8) is 0 Å². The normalized spacial score (nSPS) is 20.1. The molecule has 0 unspecified atom stereocenters. The van der Waals surface area contributed by atoms with Crippen molar-refractivity contribution in [2.45, 2.75) is 19.4 Å². The Morgan fingerprint density at radius 1 is 1.47 bits per heavy atom. The molecular formula is C13H17N3O3. The predicted octanol–water partition coefficient (Wildman–Crippen LogP) is 1.29. The van der Waals surface area contributed by atoms with Crippen molar-refractivity contribution in [1.82, 2.24) is 4.90 Å². The summed E-state index contributed by atoms with van der Waals surface area (Å²) < 4.78 is 0. The first-order valence-electron chi connectivity index (χ1n) is 6.32. The average molecular weight is 263 g/mol. The second-order valence-corrected chi connectivity index (χ2v) is 4.86. The number of nitro groups is 1. The van der Waals surface area contributed by atoms with Crippen LogP contribution in [0.5, 0.6) is 0 Å². The number of rotatable bonds is 4. The Morgan fingerprint density at radius 3 is 2.89 bits per heavy atom. The summed E-state index contributed by atoms with van der Waals surface area (Å²) in [5.74, 6) is -0.427. The third-order valence-corrected chi connectivity index (χ3v) is 3.49. The molecule has 0 aromatic heterocycles. The van der Waals surface area contributed by atoms with Crippen LogP contribution in [0.2, 0.25) is 0 Å². The molecule has 1 aromatic rings. The molecule has 1 heterocycles. The summed E-state index contributed by atoms with van der Waals surface area (Å²) >= 11 is 0. The van der Waals surface area contributed by atoms with E-state index < -0.39 is 0 Å². The summed E-state index contributed by atoms with van der Waals surface area (Å²) in [7, 11) is 0. The lowest BCUT2D eigenvalue weighted by Gasteiger charge is -2.30. The first-order chi connectivity index (χ1) is 9.08. The molecule has 1 aliphatic rings. The van der Waals surface area contributed by atoms with Gasteiger partial charge in [-0.1, -0.05) is 18.2 Å². The van der Waals surface area contributed by atoms with Gasteiger partial charge in [-0.15, -0.1) is 0 Å². The number of piperidine rings is 1. The van der Waals surface area contributed by atoms with Crippen LogP contribution in [0.25, 0.3) is 0 Å². The number of nitro benzene ring substituents is 1. The van der Waals surface area contributed by atoms with Crippen molar-refractivity contribution >= 4 is 11.6 Å². The second-order valence-electron chi connectivity index (χ2n) is 4.86. The standard InChI is InChI=1S/C13H17N3O3/c14-13(17)11-5-3-7-15(9-11)8-10-4-1-2-6-12(10)16(18)19/h1-2,4,6,11H,3,5,7-9H2,(H2,14,17)/t11-/m1/s1. The van der Waals surface area contributed by atoms with Gasteiger partial charge in [-0.05, 0) is 19.4 Å². The van der Waals surface area contributed by atoms with Gasteiger partial charge >= 0.3 is 0 Å². The van der Waals surface area contributed by atoms with Crippen molar-refractivity contribution in [2.75, 3.05) is 13.1 Å². The topological polar surface area (TPSA) is 89.5 Å². The molecule has 6 nitrogen and oxygen atoms in total. The Bertz CT molecular complexity index is 490. The van der Waals surface area contributed by atoms with E-state index in [2.05, 4.69) is 4.90 Å². The Morgan fingerprint density at radius 2 is 2.21 bits per heavy atom. The average Bonchev–Trinajstić information content (AvgIpc) is 2.39. The van der Waals surface area contributed by atoms with E-state index in [1.807, 2.05) is 0 Å². The van der Waals surface area contributed by atoms with E-state index in [-0.39, 0.29) is 22.4 Å². The summed E-state index contributed by atoms with van der Waals surface area (Å²) in [6.07, 6.45) is 1.71. The van der Waals surface area contributed by atoms with Gasteiger partial charge in [-0.25, -0.2) is 0 Å². The highest BCUT2D eigenvalue weighted by atomic mass is 16.6. The van der Waals surface area contributed by atoms with E-state index in [9.17, 15) is 14.9 Å². The van der Waals surface area contributed by atoms with Crippen LogP contribution in [0.15, 0.2) is 24.3 Å². The highest BCUT2D eigenvalue weighted by Crippen LogP contribution is 2.23. The molecule has 102 valence electrons. The van der Waals surface area contributed by atoms with Gasteiger partial charge in [0.2, 0.25) is 5.91 Å². The molecule has 1 aromatic carbocycles. The third-order valence-electron chi connectivity index (χ3n) is 3.49. The smallest absolute Gasteiger partial charge is 0.273 e. The lowest BCUT2D eigenvalue weighted by molar-refractivity contribution is -0.385. The molecule has 1 amide bonds. The van der Waals surface area contributed by atoms with Crippen molar-refractivity contribution < 1.29 is 9.72 Å². The van der Waals surface area contributed by atoms with Gasteiger partial charge in [0.25, 0.3) is 5.69 Å². The third kappa shape index (κ3) is 3.29. The van der Waals surface area contributed by atoms with Gasteiger partial charge in [-0.2, -0.15) is 0 Å². The van der Waals surface area contributed by atoms with Gasteiger partial charge in [-0.3, -0.25) is 19.8 Å². The summed E-state index contributed by atoms with van der Waals surface area (Å²) in [5, 5.41) is 10.9. The molecule has 1 fully saturated rings. The molecule has 6 heteroatoms. The molecule has 0 spiro atoms. The first kappa shape index (κ1) is 13.5. The number of carbonyl (C=O) groups is 1. The number of hydrogen-bond donors (Lipinski definition) is 1. The zero-order valence-corrected chi connectivity index (χ0v) is 10.6. The van der Waals surface area contributed by atoms with Crippen molar-refractivity contribution in [3.05, 3.63) is 39.9 Å². The van der Waals surface area contributed by atoms with E-state index in [4.69, 9.17) is 5.73 Å². The zero-order valence-electron chi connectivity index (χ0n) is 10.6. The van der Waals surface area contributed by atoms with Gasteiger partial charge < -0.3 is 5.73 Å². The maximum Gasteiger partial charge on any atom is 0.273 e. The molecule has 1 saturated heterocycles. The molecule has 0 saturated carbocycles. The molecule has 19 heavy (non-hydrogen) atoms. The number of benzene rings is 1. The highest BCUT2D eigenvalue weighted by molar-refractivity contribution is 5.76. The minimum absolute atomic E-state index is 0.128. The van der Waals surface area contributed by atoms with E-state index in [0.717, 1.165) is 19.4 Å². The lowest BCUT2D eigenvalue weighted by atomic mass is 9.97. The number of carbonyl (C=O) groups excluding carboxylic acids is 1. The fourth-order valence-corrected chi connectivity index (χ4v) is 2.49. The van der Waals surface area contributed by atoms with Crippen LogP contribution in [-0.4, -0.2) is 28.8 Å². The van der Waals surface area contributed by atoms with Crippen molar-refractivity contribution in [3.8, 4) is 0 Å². The largest absolute Gasteiger partial charge is 0.369 e. The van der Waals surface area contributed by atoms with Gasteiger partial charge in [0.05, 0.1) is 10.8 Å². The van der Waals surface area contributed by atoms with Crippen LogP contribution >= 0.6 is 0 Å². The highest BCUT2D eigenvalue weighted by Gasteiger charge is 2.25. The maximum atomic E-state index is 11.2. The SMILES string of the molecule is NC(=O)[C@@H]1CCCN(Cc2ccccc2[N+](=O)[O-])C1. The molecule has 0 aliphatic carbocycles. The number of para-hydroxylation sites is 1. The predicted molar refractivity (Wildman–Crippen MR) is 70.3 cm³/mol. The van der Waals surface area contributed by atoms with Crippen molar-refractivity contribution in [1.29, 1.82) is 0 Å². The van der Waals surface area contributed by atoms with Gasteiger partial charge in [0, 0.05) is 24.7 Å². The maximum absolute atomic E-state index is 11.2. The minimum Gasteiger partial charge on any atom is -0.369 e. The van der Waals surface area contributed by atoms with Crippen molar-refractivity contribution in [2.24, 2.45) is 11.7 Å². The van der Waals surface area contributed by atoms with Crippen LogP contribution in [-0.2, 0) is 11.3 Å². The first-order valence-corrected chi connectivity index (χ1v) is 6.32. The minimum atomic E-state index is -0.370. The summed E-state index contributed by atoms with van der Waals surface area (Å²) in [6.45, 7) is 1.91. The molecule has 0 bridgehead atoms. The Labute approximate surface area is 111 Å². The van der Waals surface area contributed by atoms with Crippen LogP contribution in [0.4, 0.5) is 5.69 Å². The molecular weight excluding hydrogens is 246 g/mol. The fourth-order valence-electron chi connectivity index (χ4n) is 2.49. The van der Waals surface area contributed by atoms with Crippen LogP contribution < -0.4 is 5.73 Å². The van der Waals surface area contributed by atoms with E-state index >= 15 is 0 Å². The lowest BCUT2D eigenvalue weighted by Crippen LogP contribution is -2.40. The van der Waals surface area contributed by atoms with E-state index in [0.29, 0.717) is 18.7 Å².